The van der Waals surface area contributed by atoms with Crippen LogP contribution in [0.15, 0.2) is 53.7 Å². The Morgan fingerprint density at radius 2 is 1.81 bits per heavy atom. The summed E-state index contributed by atoms with van der Waals surface area (Å²) in [6, 6.07) is 11.8. The standard InChI is InChI=1S/C27H20Cl2F4N2OS/c1-36-23-12-14(8-9-18(23)29)15-4-2-7-21-26(15)35(22-11-10-20(31)24(32)25(22)33)27(34-21)37-13-16-17(28)5-3-6-19(16)30/h3,5-6,8-12,15H,2,4,7,13H2,1H3. The highest BCUT2D eigenvalue weighted by Crippen LogP contribution is 2.43. The van der Waals surface area contributed by atoms with Crippen LogP contribution in [0.3, 0.4) is 0 Å². The van der Waals surface area contributed by atoms with Crippen LogP contribution in [0, 0.1) is 23.3 Å². The Morgan fingerprint density at radius 1 is 1.00 bits per heavy atom. The van der Waals surface area contributed by atoms with Gasteiger partial charge in [-0.3, -0.25) is 4.57 Å². The van der Waals surface area contributed by atoms with E-state index in [9.17, 15) is 13.2 Å². The SMILES string of the molecule is COc1cc(C2CCCc3nc(SCc4c(F)cccc4Cl)n(-c4ccc(F)c(F)c4F)c32)ccc1Cl. The van der Waals surface area contributed by atoms with Crippen LogP contribution in [0.1, 0.15) is 41.3 Å². The number of rotatable bonds is 6. The highest BCUT2D eigenvalue weighted by molar-refractivity contribution is 7.98. The van der Waals surface area contributed by atoms with Crippen molar-refractivity contribution < 1.29 is 22.3 Å². The molecular weight excluding hydrogens is 547 g/mol. The Balaban J connectivity index is 1.68. The molecule has 1 heterocycles. The summed E-state index contributed by atoms with van der Waals surface area (Å²) in [6.07, 6.45) is 2.13. The number of aryl methyl sites for hydroxylation is 1. The van der Waals surface area contributed by atoms with Crippen LogP contribution >= 0.6 is 35.0 Å². The van der Waals surface area contributed by atoms with Crippen LogP contribution in [0.5, 0.6) is 5.75 Å². The molecule has 4 aromatic rings. The van der Waals surface area contributed by atoms with Crippen molar-refractivity contribution in [3.05, 3.63) is 104 Å². The molecule has 1 aliphatic rings. The molecule has 5 rings (SSSR count). The van der Waals surface area contributed by atoms with E-state index in [1.54, 1.807) is 12.1 Å². The first-order valence-electron chi connectivity index (χ1n) is 11.4. The minimum absolute atomic E-state index is 0.103. The van der Waals surface area contributed by atoms with Crippen molar-refractivity contribution in [1.29, 1.82) is 0 Å². The fourth-order valence-corrected chi connectivity index (χ4v) is 6.22. The molecule has 0 N–H and O–H groups in total. The van der Waals surface area contributed by atoms with Gasteiger partial charge in [0.2, 0.25) is 0 Å². The maximum atomic E-state index is 15.2. The lowest BCUT2D eigenvalue weighted by Crippen LogP contribution is -2.16. The van der Waals surface area contributed by atoms with E-state index in [-0.39, 0.29) is 27.9 Å². The summed E-state index contributed by atoms with van der Waals surface area (Å²) in [5.74, 6) is -4.33. The number of imidazole rings is 1. The number of ether oxygens (including phenoxy) is 1. The Morgan fingerprint density at radius 3 is 2.57 bits per heavy atom. The fraction of sp³-hybridized carbons (Fsp3) is 0.222. The minimum atomic E-state index is -1.58. The van der Waals surface area contributed by atoms with E-state index >= 15 is 4.39 Å². The summed E-state index contributed by atoms with van der Waals surface area (Å²) in [4.78, 5) is 4.75. The lowest BCUT2D eigenvalue weighted by atomic mass is 9.84. The molecule has 192 valence electrons. The second-order valence-corrected chi connectivity index (χ2v) is 10.3. The molecule has 10 heteroatoms. The summed E-state index contributed by atoms with van der Waals surface area (Å²) >= 11 is 13.6. The number of benzene rings is 3. The first kappa shape index (κ1) is 25.9. The predicted molar refractivity (Wildman–Crippen MR) is 137 cm³/mol. The molecule has 0 fully saturated rings. The average Bonchev–Trinajstić information content (AvgIpc) is 3.26. The molecule has 3 aromatic carbocycles. The molecule has 1 atom stereocenters. The van der Waals surface area contributed by atoms with Crippen molar-refractivity contribution in [2.45, 2.75) is 36.1 Å². The van der Waals surface area contributed by atoms with Gasteiger partial charge < -0.3 is 4.74 Å². The fourth-order valence-electron chi connectivity index (χ4n) is 4.65. The first-order chi connectivity index (χ1) is 17.8. The number of hydrogen-bond donors (Lipinski definition) is 0. The van der Waals surface area contributed by atoms with E-state index in [2.05, 4.69) is 0 Å². The first-order valence-corrected chi connectivity index (χ1v) is 13.2. The van der Waals surface area contributed by atoms with Crippen LogP contribution < -0.4 is 4.74 Å². The Kier molecular flexibility index (Phi) is 7.43. The third kappa shape index (κ3) is 4.82. The zero-order chi connectivity index (χ0) is 26.3. The zero-order valence-electron chi connectivity index (χ0n) is 19.5. The number of thioether (sulfide) groups is 1. The monoisotopic (exact) mass is 566 g/mol. The molecule has 0 radical (unpaired) electrons. The third-order valence-corrected chi connectivity index (χ3v) is 8.07. The van der Waals surface area contributed by atoms with Gasteiger partial charge in [-0.2, -0.15) is 0 Å². The van der Waals surface area contributed by atoms with Gasteiger partial charge in [0, 0.05) is 22.3 Å². The predicted octanol–water partition coefficient (Wildman–Crippen LogP) is 8.50. The van der Waals surface area contributed by atoms with Gasteiger partial charge in [0.1, 0.15) is 11.6 Å². The lowest BCUT2D eigenvalue weighted by molar-refractivity contribution is 0.414. The van der Waals surface area contributed by atoms with Crippen molar-refractivity contribution >= 4 is 35.0 Å². The van der Waals surface area contributed by atoms with Gasteiger partial charge in [-0.1, -0.05) is 47.1 Å². The van der Waals surface area contributed by atoms with Gasteiger partial charge in [0.25, 0.3) is 0 Å². The second-order valence-electron chi connectivity index (χ2n) is 8.58. The molecule has 37 heavy (non-hydrogen) atoms. The van der Waals surface area contributed by atoms with Crippen molar-refractivity contribution in [3.8, 4) is 11.4 Å². The van der Waals surface area contributed by atoms with Gasteiger partial charge in [0.15, 0.2) is 22.6 Å². The van der Waals surface area contributed by atoms with Crippen LogP contribution in [-0.4, -0.2) is 16.7 Å². The third-order valence-electron chi connectivity index (χ3n) is 6.44. The van der Waals surface area contributed by atoms with E-state index in [0.29, 0.717) is 40.2 Å². The molecule has 1 aliphatic carbocycles. The van der Waals surface area contributed by atoms with Gasteiger partial charge in [-0.15, -0.1) is 0 Å². The van der Waals surface area contributed by atoms with Gasteiger partial charge in [-0.25, -0.2) is 22.5 Å². The summed E-state index contributed by atoms with van der Waals surface area (Å²) in [6.45, 7) is 0. The van der Waals surface area contributed by atoms with Crippen LogP contribution in [-0.2, 0) is 12.2 Å². The number of methoxy groups -OCH3 is 1. The summed E-state index contributed by atoms with van der Waals surface area (Å²) in [5.41, 5.74) is 2.31. The Bertz CT molecular complexity index is 1470. The number of hydrogen-bond acceptors (Lipinski definition) is 3. The largest absolute Gasteiger partial charge is 0.495 e. The van der Waals surface area contributed by atoms with E-state index in [4.69, 9.17) is 32.9 Å². The van der Waals surface area contributed by atoms with E-state index < -0.39 is 23.3 Å². The van der Waals surface area contributed by atoms with Crippen molar-refractivity contribution in [2.24, 2.45) is 0 Å². The smallest absolute Gasteiger partial charge is 0.196 e. The Hall–Kier alpha value is -2.68. The van der Waals surface area contributed by atoms with Crippen LogP contribution in [0.4, 0.5) is 17.6 Å². The number of halogens is 6. The highest BCUT2D eigenvalue weighted by Gasteiger charge is 2.32. The van der Waals surface area contributed by atoms with Gasteiger partial charge in [-0.05, 0) is 61.2 Å². The molecule has 3 nitrogen and oxygen atoms in total. The summed E-state index contributed by atoms with van der Waals surface area (Å²) in [7, 11) is 1.51. The molecule has 1 unspecified atom stereocenters. The molecule has 0 saturated heterocycles. The maximum absolute atomic E-state index is 15.2. The normalized spacial score (nSPS) is 15.1. The summed E-state index contributed by atoms with van der Waals surface area (Å²) < 4.78 is 64.7. The van der Waals surface area contributed by atoms with E-state index in [1.807, 2.05) is 12.1 Å². The van der Waals surface area contributed by atoms with Crippen LogP contribution in [0.2, 0.25) is 10.0 Å². The molecule has 0 spiro atoms. The van der Waals surface area contributed by atoms with Crippen LogP contribution in [0.25, 0.3) is 5.69 Å². The highest BCUT2D eigenvalue weighted by atomic mass is 35.5. The van der Waals surface area contributed by atoms with Crippen molar-refractivity contribution in [1.82, 2.24) is 9.55 Å². The van der Waals surface area contributed by atoms with Crippen molar-refractivity contribution in [2.75, 3.05) is 7.11 Å². The zero-order valence-corrected chi connectivity index (χ0v) is 21.8. The second kappa shape index (κ2) is 10.6. The minimum Gasteiger partial charge on any atom is -0.495 e. The van der Waals surface area contributed by atoms with Gasteiger partial charge >= 0.3 is 0 Å². The number of aromatic nitrogens is 2. The number of fused-ring (bicyclic) bond motifs is 1. The maximum Gasteiger partial charge on any atom is 0.196 e. The molecule has 0 amide bonds. The summed E-state index contributed by atoms with van der Waals surface area (Å²) in [5, 5.41) is 1.02. The lowest BCUT2D eigenvalue weighted by Gasteiger charge is -2.26. The molecule has 0 bridgehead atoms. The Labute approximate surface area is 225 Å². The number of nitrogens with zero attached hydrogens (tertiary/aromatic N) is 2. The topological polar surface area (TPSA) is 27.1 Å². The molecule has 0 aliphatic heterocycles. The molecule has 1 aromatic heterocycles. The average molecular weight is 567 g/mol. The van der Waals surface area contributed by atoms with E-state index in [1.165, 1.54) is 29.9 Å². The molecule has 0 saturated carbocycles. The van der Waals surface area contributed by atoms with Gasteiger partial charge in [0.05, 0.1) is 29.2 Å². The van der Waals surface area contributed by atoms with Crippen molar-refractivity contribution in [3.63, 3.8) is 0 Å². The molecular formula is C27H20Cl2F4N2OS. The quantitative estimate of drug-likeness (QED) is 0.133. The van der Waals surface area contributed by atoms with E-state index in [0.717, 1.165) is 29.8 Å².